The monoisotopic (exact) mass is 1830 g/mol. The molecular formula is C129H102N6O6. The zero-order valence-electron chi connectivity index (χ0n) is 80.7. The highest BCUT2D eigenvalue weighted by Crippen LogP contribution is 2.57. The van der Waals surface area contributed by atoms with Gasteiger partial charge in [-0.15, -0.1) is 0 Å². The highest BCUT2D eigenvalue weighted by molar-refractivity contribution is 6.16. The molecular weight excluding hydrogens is 1730 g/mol. The summed E-state index contributed by atoms with van der Waals surface area (Å²) in [4.78, 5) is 7.22. The zero-order valence-corrected chi connectivity index (χ0v) is 80.7. The molecule has 12 nitrogen and oxygen atoms in total. The Hall–Kier alpha value is -17.2. The average molecular weight is 1830 g/mol. The summed E-state index contributed by atoms with van der Waals surface area (Å²) in [6.45, 7) is 14.1. The van der Waals surface area contributed by atoms with Crippen LogP contribution in [0.5, 0.6) is 34.5 Å². The van der Waals surface area contributed by atoms with Crippen molar-refractivity contribution in [3.63, 3.8) is 0 Å². The van der Waals surface area contributed by atoms with Crippen LogP contribution in [0.25, 0.3) is 149 Å². The topological polar surface area (TPSA) is 79.9 Å². The number of aromatic nitrogens is 3. The quantitative estimate of drug-likeness (QED) is 0.0699. The van der Waals surface area contributed by atoms with E-state index >= 15 is 0 Å². The second-order valence-electron chi connectivity index (χ2n) is 39.0. The Bertz CT molecular complexity index is 8000. The minimum absolute atomic E-state index is 0.240. The maximum absolute atomic E-state index is 5.85. The summed E-state index contributed by atoms with van der Waals surface area (Å²) in [7, 11) is 10.4. The summed E-state index contributed by atoms with van der Waals surface area (Å²) in [6.07, 6.45) is 0. The molecule has 0 N–H and O–H groups in total. The maximum atomic E-state index is 5.85. The average Bonchev–Trinajstić information content (AvgIpc) is 1.59. The second-order valence-corrected chi connectivity index (χ2v) is 39.0. The molecule has 0 radical (unpaired) electrons. The SMILES string of the molecule is COc1ccc(N(c2ccc3c(c2)C(C)(C)c2ccccc2-3)c2ccc3c(c2)c2cc(-c4cc(-c5ccc6c(c5)c5cc(N(c7ccc(OC)cc7)c7ccc8c(c7)C(C)(C)c7ccccc7-8)ccc5n6-c5ccc(OC)cc5)cc(-c5ccc6c(c5)c5cc(N(c7ccc(OC)cc7)c7ccc8c(c7)C(C)(C)c7ccccc7-8)ccc5n6-c5ccc(OC)cc5)c4)ccc2n3-c2ccc(OC)cc2)cc1. The molecule has 0 bridgehead atoms. The first-order chi connectivity index (χ1) is 68.8. The minimum Gasteiger partial charge on any atom is -0.497 e. The van der Waals surface area contributed by atoms with Crippen LogP contribution in [0.2, 0.25) is 0 Å². The Morgan fingerprint density at radius 2 is 0.369 bits per heavy atom. The van der Waals surface area contributed by atoms with Crippen LogP contribution in [0, 0.1) is 0 Å². The lowest BCUT2D eigenvalue weighted by atomic mass is 9.82. The lowest BCUT2D eigenvalue weighted by Gasteiger charge is -2.28. The lowest BCUT2D eigenvalue weighted by Crippen LogP contribution is -2.16. The molecule has 12 heteroatoms. The van der Waals surface area contributed by atoms with Crippen LogP contribution in [0.15, 0.2) is 400 Å². The first-order valence-electron chi connectivity index (χ1n) is 48.2. The van der Waals surface area contributed by atoms with Crippen LogP contribution in [-0.4, -0.2) is 56.4 Å². The van der Waals surface area contributed by atoms with Crippen LogP contribution in [0.4, 0.5) is 51.2 Å². The molecule has 3 aliphatic carbocycles. The van der Waals surface area contributed by atoms with E-state index in [4.69, 9.17) is 28.4 Å². The van der Waals surface area contributed by atoms with Crippen molar-refractivity contribution in [2.75, 3.05) is 57.4 Å². The van der Waals surface area contributed by atoms with Crippen molar-refractivity contribution in [2.24, 2.45) is 0 Å². The van der Waals surface area contributed by atoms with Crippen LogP contribution in [0.1, 0.15) is 74.9 Å². The molecule has 0 fully saturated rings. The summed E-state index contributed by atoms with van der Waals surface area (Å²) < 4.78 is 42.3. The van der Waals surface area contributed by atoms with E-state index in [1.54, 1.807) is 42.7 Å². The van der Waals surface area contributed by atoms with E-state index in [-0.39, 0.29) is 16.2 Å². The number of benzene rings is 19. The Morgan fingerprint density at radius 3 is 0.617 bits per heavy atom. The van der Waals surface area contributed by atoms with Crippen LogP contribution < -0.4 is 43.1 Å². The van der Waals surface area contributed by atoms with E-state index in [2.05, 4.69) is 470 Å². The van der Waals surface area contributed by atoms with E-state index in [1.807, 2.05) is 0 Å². The highest BCUT2D eigenvalue weighted by Gasteiger charge is 2.40. The summed E-state index contributed by atoms with van der Waals surface area (Å²) in [5, 5.41) is 6.55. The number of nitrogens with zero attached hydrogens (tertiary/aromatic N) is 6. The van der Waals surface area contributed by atoms with E-state index in [1.165, 1.54) is 66.8 Å². The Kier molecular flexibility index (Phi) is 20.0. The van der Waals surface area contributed by atoms with Gasteiger partial charge in [0.1, 0.15) is 34.5 Å². The fraction of sp³-hybridized carbons (Fsp3) is 0.116. The number of rotatable bonds is 21. The van der Waals surface area contributed by atoms with Crippen molar-refractivity contribution in [3.8, 4) is 118 Å². The van der Waals surface area contributed by atoms with E-state index in [0.29, 0.717) is 0 Å². The molecule has 25 rings (SSSR count). The summed E-state index contributed by atoms with van der Waals surface area (Å²) in [6, 6.07) is 148. The molecule has 3 aromatic heterocycles. The van der Waals surface area contributed by atoms with Crippen molar-refractivity contribution in [1.82, 2.24) is 13.7 Å². The van der Waals surface area contributed by atoms with Gasteiger partial charge in [0.05, 0.1) is 75.8 Å². The van der Waals surface area contributed by atoms with Gasteiger partial charge in [0.25, 0.3) is 0 Å². The highest BCUT2D eigenvalue weighted by atomic mass is 16.5. The molecule has 0 saturated heterocycles. The third-order valence-corrected chi connectivity index (χ3v) is 30.4. The molecule has 0 aliphatic heterocycles. The van der Waals surface area contributed by atoms with Crippen LogP contribution in [0.3, 0.4) is 0 Å². The molecule has 22 aromatic rings. The van der Waals surface area contributed by atoms with E-state index < -0.39 is 0 Å². The first-order valence-corrected chi connectivity index (χ1v) is 48.2. The first kappa shape index (κ1) is 85.4. The van der Waals surface area contributed by atoms with Gasteiger partial charge < -0.3 is 56.8 Å². The minimum atomic E-state index is -0.240. The fourth-order valence-corrected chi connectivity index (χ4v) is 23.2. The van der Waals surface area contributed by atoms with Crippen molar-refractivity contribution in [1.29, 1.82) is 0 Å². The zero-order chi connectivity index (χ0) is 95.6. The number of ether oxygens (including phenoxy) is 6. The smallest absolute Gasteiger partial charge is 0.119 e. The normalized spacial score (nSPS) is 13.3. The van der Waals surface area contributed by atoms with Crippen molar-refractivity contribution in [2.45, 2.75) is 57.8 Å². The van der Waals surface area contributed by atoms with Crippen LogP contribution >= 0.6 is 0 Å². The van der Waals surface area contributed by atoms with Gasteiger partial charge in [0.2, 0.25) is 0 Å². The number of methoxy groups -OCH3 is 6. The third-order valence-electron chi connectivity index (χ3n) is 30.4. The van der Waals surface area contributed by atoms with E-state index in [9.17, 15) is 0 Å². The molecule has 0 spiro atoms. The van der Waals surface area contributed by atoms with Crippen molar-refractivity contribution < 1.29 is 28.4 Å². The van der Waals surface area contributed by atoms with Crippen LogP contribution in [-0.2, 0) is 16.2 Å². The molecule has 0 atom stereocenters. The molecule has 141 heavy (non-hydrogen) atoms. The fourth-order valence-electron chi connectivity index (χ4n) is 23.2. The Balaban J connectivity index is 0.717. The summed E-state index contributed by atoms with van der Waals surface area (Å²) >= 11 is 0. The number of hydrogen-bond acceptors (Lipinski definition) is 9. The van der Waals surface area contributed by atoms with Gasteiger partial charge in [-0.3, -0.25) is 0 Å². The van der Waals surface area contributed by atoms with Gasteiger partial charge in [-0.1, -0.05) is 151 Å². The third kappa shape index (κ3) is 13.8. The predicted octanol–water partition coefficient (Wildman–Crippen LogP) is 33.4. The van der Waals surface area contributed by atoms with Gasteiger partial charge >= 0.3 is 0 Å². The maximum Gasteiger partial charge on any atom is 0.119 e. The van der Waals surface area contributed by atoms with Gasteiger partial charge in [-0.05, 0) is 391 Å². The molecule has 3 heterocycles. The molecule has 684 valence electrons. The van der Waals surface area contributed by atoms with Crippen molar-refractivity contribution >= 4 is 117 Å². The number of fused-ring (bicyclic) bond motifs is 18. The second kappa shape index (κ2) is 33.0. The standard InChI is InChI=1S/C129H102N6O6/c1-127(2)115-22-16-13-19-103(115)106-58-40-94(76-118(106)127)130(85-28-46-97(136-7)47-29-85)91-43-64-124-112(73-91)109-70-79(25-61-121(109)133(124)88-34-52-100(139-10)53-35-88)82-67-83(80-26-62-122-110(71-80)113-74-92(44-65-125(113)134(122)89-36-54-101(140-11)55-37-89)131(86-30-48-98(137-8)49-31-86)95-41-59-107-104-20-14-17-23-116(104)128(3,4)119(107)77-95)69-84(68-82)81-27-63-123-111(72-81)114-75-93(45-66-126(114)135(123)90-38-56-102(141-12)57-39-90)132(87-32-50-99(138-9)51-33-87)96-42-60-108-105-21-15-18-24-117(105)129(5,6)120(108)78-96/h13-78H,1-12H3. The molecule has 19 aromatic carbocycles. The number of anilines is 9. The Morgan fingerprint density at radius 1 is 0.170 bits per heavy atom. The predicted molar refractivity (Wildman–Crippen MR) is 582 cm³/mol. The summed E-state index contributed by atoms with van der Waals surface area (Å²) in [5.41, 5.74) is 39.7. The molecule has 3 aliphatic rings. The lowest BCUT2D eigenvalue weighted by molar-refractivity contribution is 0.414. The molecule has 0 unspecified atom stereocenters. The molecule has 0 amide bonds. The van der Waals surface area contributed by atoms with Gasteiger partial charge in [0.15, 0.2) is 0 Å². The number of hydrogen-bond donors (Lipinski definition) is 0. The van der Waals surface area contributed by atoms with Gasteiger partial charge in [-0.2, -0.15) is 0 Å². The Labute approximate surface area is 820 Å². The van der Waals surface area contributed by atoms with Crippen molar-refractivity contribution in [3.05, 3.63) is 434 Å². The van der Waals surface area contributed by atoms with Gasteiger partial charge in [0, 0.05) is 117 Å². The summed E-state index contributed by atoms with van der Waals surface area (Å²) in [5.74, 6) is 4.70. The molecule has 0 saturated carbocycles. The van der Waals surface area contributed by atoms with E-state index in [0.717, 1.165) is 202 Å². The van der Waals surface area contributed by atoms with Gasteiger partial charge in [-0.25, -0.2) is 0 Å². The largest absolute Gasteiger partial charge is 0.497 e.